The van der Waals surface area contributed by atoms with E-state index in [-0.39, 0.29) is 5.69 Å². The molecule has 5 nitrogen and oxygen atoms in total. The first-order valence-corrected chi connectivity index (χ1v) is 6.18. The van der Waals surface area contributed by atoms with Crippen LogP contribution >= 0.6 is 0 Å². The second kappa shape index (κ2) is 5.50. The fourth-order valence-electron chi connectivity index (χ4n) is 1.85. The van der Waals surface area contributed by atoms with Crippen LogP contribution in [0, 0.1) is 10.1 Å². The molecule has 1 aliphatic heterocycles. The third-order valence-corrected chi connectivity index (χ3v) is 2.95. The standard InChI is InChI=1S/C14H17NO4/c1-14(2)18-8-7-12(10-19-14)9-11-3-5-13(6-4-11)15(16)17/h3-6,9H,7-8,10H2,1-2H3/b12-9-. The predicted molar refractivity (Wildman–Crippen MR) is 71.7 cm³/mol. The summed E-state index contributed by atoms with van der Waals surface area (Å²) in [5.41, 5.74) is 2.16. The lowest BCUT2D eigenvalue weighted by molar-refractivity contribution is -0.384. The fourth-order valence-corrected chi connectivity index (χ4v) is 1.85. The zero-order chi connectivity index (χ0) is 13.9. The zero-order valence-corrected chi connectivity index (χ0v) is 11.1. The van der Waals surface area contributed by atoms with Gasteiger partial charge in [0.1, 0.15) is 0 Å². The fraction of sp³-hybridized carbons (Fsp3) is 0.429. The molecule has 1 heterocycles. The predicted octanol–water partition coefficient (Wildman–Crippen LogP) is 3.15. The van der Waals surface area contributed by atoms with E-state index in [9.17, 15) is 10.1 Å². The molecule has 0 N–H and O–H groups in total. The van der Waals surface area contributed by atoms with Crippen molar-refractivity contribution in [2.24, 2.45) is 0 Å². The van der Waals surface area contributed by atoms with Crippen LogP contribution in [0.3, 0.4) is 0 Å². The second-order valence-corrected chi connectivity index (χ2v) is 4.94. The van der Waals surface area contributed by atoms with E-state index >= 15 is 0 Å². The quantitative estimate of drug-likeness (QED) is 0.607. The number of nitrogens with zero attached hydrogens (tertiary/aromatic N) is 1. The van der Waals surface area contributed by atoms with Crippen LogP contribution in [0.25, 0.3) is 6.08 Å². The van der Waals surface area contributed by atoms with Gasteiger partial charge >= 0.3 is 0 Å². The van der Waals surface area contributed by atoms with Crippen LogP contribution in [0.1, 0.15) is 25.8 Å². The number of hydrogen-bond donors (Lipinski definition) is 0. The molecule has 0 bridgehead atoms. The average molecular weight is 263 g/mol. The number of rotatable bonds is 2. The molecule has 0 radical (unpaired) electrons. The Morgan fingerprint density at radius 2 is 1.95 bits per heavy atom. The van der Waals surface area contributed by atoms with Crippen LogP contribution in [0.4, 0.5) is 5.69 Å². The average Bonchev–Trinajstić information content (AvgIpc) is 2.52. The number of non-ortho nitro benzene ring substituents is 1. The van der Waals surface area contributed by atoms with E-state index in [0.29, 0.717) is 13.2 Å². The first-order chi connectivity index (χ1) is 8.96. The highest BCUT2D eigenvalue weighted by Gasteiger charge is 2.22. The molecule has 0 atom stereocenters. The minimum Gasteiger partial charge on any atom is -0.350 e. The minimum absolute atomic E-state index is 0.101. The summed E-state index contributed by atoms with van der Waals surface area (Å²) in [5.74, 6) is -0.551. The molecule has 1 aromatic rings. The van der Waals surface area contributed by atoms with Crippen LogP contribution in [-0.4, -0.2) is 23.9 Å². The summed E-state index contributed by atoms with van der Waals surface area (Å²) >= 11 is 0. The largest absolute Gasteiger partial charge is 0.350 e. The minimum atomic E-state index is -0.551. The van der Waals surface area contributed by atoms with Gasteiger partial charge in [-0.15, -0.1) is 0 Å². The molecule has 19 heavy (non-hydrogen) atoms. The molecule has 0 aromatic heterocycles. The normalized spacial score (nSPS) is 21.1. The van der Waals surface area contributed by atoms with Crippen LogP contribution in [-0.2, 0) is 9.47 Å². The van der Waals surface area contributed by atoms with Crippen molar-refractivity contribution in [2.75, 3.05) is 13.2 Å². The number of benzene rings is 1. The maximum Gasteiger partial charge on any atom is 0.269 e. The van der Waals surface area contributed by atoms with Gasteiger partial charge in [-0.05, 0) is 43.5 Å². The third kappa shape index (κ3) is 3.87. The van der Waals surface area contributed by atoms with Gasteiger partial charge in [-0.1, -0.05) is 6.08 Å². The van der Waals surface area contributed by atoms with Gasteiger partial charge in [0.05, 0.1) is 18.1 Å². The summed E-state index contributed by atoms with van der Waals surface area (Å²) in [7, 11) is 0. The van der Waals surface area contributed by atoms with Gasteiger partial charge in [-0.3, -0.25) is 10.1 Å². The molecule has 1 fully saturated rings. The number of ether oxygens (including phenoxy) is 2. The molecule has 0 saturated carbocycles. The number of nitro groups is 1. The number of hydrogen-bond acceptors (Lipinski definition) is 4. The van der Waals surface area contributed by atoms with Crippen molar-refractivity contribution in [3.05, 3.63) is 45.5 Å². The molecule has 0 amide bonds. The van der Waals surface area contributed by atoms with Gasteiger partial charge in [-0.25, -0.2) is 0 Å². The van der Waals surface area contributed by atoms with E-state index in [1.807, 2.05) is 19.9 Å². The molecule has 0 unspecified atom stereocenters. The van der Waals surface area contributed by atoms with Gasteiger partial charge in [0.15, 0.2) is 5.79 Å². The van der Waals surface area contributed by atoms with Crippen LogP contribution in [0.5, 0.6) is 0 Å². The van der Waals surface area contributed by atoms with Crippen molar-refractivity contribution in [1.29, 1.82) is 0 Å². The molecule has 1 aliphatic rings. The second-order valence-electron chi connectivity index (χ2n) is 4.94. The Balaban J connectivity index is 2.10. The van der Waals surface area contributed by atoms with Crippen LogP contribution in [0.2, 0.25) is 0 Å². The maximum absolute atomic E-state index is 10.6. The Labute approximate surface area is 112 Å². The van der Waals surface area contributed by atoms with Crippen LogP contribution < -0.4 is 0 Å². The van der Waals surface area contributed by atoms with Crippen molar-refractivity contribution < 1.29 is 14.4 Å². The highest BCUT2D eigenvalue weighted by molar-refractivity contribution is 5.55. The Morgan fingerprint density at radius 3 is 2.58 bits per heavy atom. The summed E-state index contributed by atoms with van der Waals surface area (Å²) in [5, 5.41) is 10.6. The highest BCUT2D eigenvalue weighted by Crippen LogP contribution is 2.22. The van der Waals surface area contributed by atoms with Gasteiger partial charge in [-0.2, -0.15) is 0 Å². The smallest absolute Gasteiger partial charge is 0.269 e. The summed E-state index contributed by atoms with van der Waals surface area (Å²) in [6, 6.07) is 6.48. The van der Waals surface area contributed by atoms with E-state index < -0.39 is 10.7 Å². The van der Waals surface area contributed by atoms with E-state index in [1.165, 1.54) is 12.1 Å². The monoisotopic (exact) mass is 263 g/mol. The zero-order valence-electron chi connectivity index (χ0n) is 11.1. The molecule has 1 aromatic carbocycles. The van der Waals surface area contributed by atoms with E-state index in [1.54, 1.807) is 12.1 Å². The maximum atomic E-state index is 10.6. The Bertz CT molecular complexity index is 491. The SMILES string of the molecule is CC1(C)OCC/C(=C/c2ccc([N+](=O)[O-])cc2)CO1. The van der Waals surface area contributed by atoms with Crippen molar-refractivity contribution in [1.82, 2.24) is 0 Å². The molecule has 5 heteroatoms. The summed E-state index contributed by atoms with van der Waals surface area (Å²) in [6.45, 7) is 4.92. The van der Waals surface area contributed by atoms with Gasteiger partial charge in [0, 0.05) is 12.1 Å². The van der Waals surface area contributed by atoms with Gasteiger partial charge in [0.2, 0.25) is 0 Å². The van der Waals surface area contributed by atoms with Crippen molar-refractivity contribution in [3.63, 3.8) is 0 Å². The molecule has 0 spiro atoms. The van der Waals surface area contributed by atoms with Crippen LogP contribution in [0.15, 0.2) is 29.8 Å². The Hall–Kier alpha value is -1.72. The van der Waals surface area contributed by atoms with Crippen molar-refractivity contribution >= 4 is 11.8 Å². The first-order valence-electron chi connectivity index (χ1n) is 6.18. The first kappa shape index (κ1) is 13.7. The third-order valence-electron chi connectivity index (χ3n) is 2.95. The molecule has 1 saturated heterocycles. The molecule has 0 aliphatic carbocycles. The topological polar surface area (TPSA) is 61.6 Å². The Kier molecular flexibility index (Phi) is 3.97. The van der Waals surface area contributed by atoms with E-state index in [4.69, 9.17) is 9.47 Å². The van der Waals surface area contributed by atoms with E-state index in [2.05, 4.69) is 0 Å². The van der Waals surface area contributed by atoms with Crippen molar-refractivity contribution in [2.45, 2.75) is 26.1 Å². The molecule has 2 rings (SSSR count). The van der Waals surface area contributed by atoms with E-state index in [0.717, 1.165) is 17.6 Å². The Morgan fingerprint density at radius 1 is 1.26 bits per heavy atom. The lowest BCUT2D eigenvalue weighted by atomic mass is 10.1. The highest BCUT2D eigenvalue weighted by atomic mass is 16.7. The summed E-state index contributed by atoms with van der Waals surface area (Å²) in [6.07, 6.45) is 2.80. The molecular formula is C14H17NO4. The summed E-state index contributed by atoms with van der Waals surface area (Å²) < 4.78 is 11.2. The van der Waals surface area contributed by atoms with Gasteiger partial charge < -0.3 is 9.47 Å². The van der Waals surface area contributed by atoms with Crippen molar-refractivity contribution in [3.8, 4) is 0 Å². The lowest BCUT2D eigenvalue weighted by Crippen LogP contribution is -2.26. The lowest BCUT2D eigenvalue weighted by Gasteiger charge is -2.22. The molecule has 102 valence electrons. The van der Waals surface area contributed by atoms with Gasteiger partial charge in [0.25, 0.3) is 5.69 Å². The summed E-state index contributed by atoms with van der Waals surface area (Å²) in [4.78, 5) is 10.2. The number of nitro benzene ring substituents is 1. The molecular weight excluding hydrogens is 246 g/mol.